The smallest absolute Gasteiger partial charge is 0.221 e. The Morgan fingerprint density at radius 3 is 2.52 bits per heavy atom. The first-order valence-electron chi connectivity index (χ1n) is 6.83. The largest absolute Gasteiger partial charge is 0.381 e. The van der Waals surface area contributed by atoms with Crippen molar-refractivity contribution in [1.82, 2.24) is 0 Å². The Bertz CT molecular complexity index is 668. The molecule has 2 N–H and O–H groups in total. The van der Waals surface area contributed by atoms with Gasteiger partial charge in [-0.05, 0) is 48.7 Å². The van der Waals surface area contributed by atoms with E-state index >= 15 is 0 Å². The Labute approximate surface area is 124 Å². The van der Waals surface area contributed by atoms with Gasteiger partial charge in [-0.3, -0.25) is 4.79 Å². The molecule has 0 unspecified atom stereocenters. The van der Waals surface area contributed by atoms with E-state index in [4.69, 9.17) is 0 Å². The Morgan fingerprint density at radius 2 is 1.86 bits per heavy atom. The summed E-state index contributed by atoms with van der Waals surface area (Å²) < 4.78 is 13.5. The number of amides is 1. The summed E-state index contributed by atoms with van der Waals surface area (Å²) in [4.78, 5) is 11.0. The van der Waals surface area contributed by atoms with Gasteiger partial charge in [-0.25, -0.2) is 4.39 Å². The lowest BCUT2D eigenvalue weighted by Crippen LogP contribution is -2.08. The fraction of sp³-hybridized carbons (Fsp3) is 0.235. The first-order valence-corrected chi connectivity index (χ1v) is 6.83. The average Bonchev–Trinajstić information content (AvgIpc) is 2.43. The highest BCUT2D eigenvalue weighted by molar-refractivity contribution is 5.89. The first kappa shape index (κ1) is 15.0. The number of aryl methyl sites for hydroxylation is 2. The van der Waals surface area contributed by atoms with Crippen LogP contribution in [-0.4, -0.2) is 5.91 Å². The zero-order valence-corrected chi connectivity index (χ0v) is 12.5. The minimum atomic E-state index is -0.443. The first-order chi connectivity index (χ1) is 9.95. The van der Waals surface area contributed by atoms with Gasteiger partial charge >= 0.3 is 0 Å². The van der Waals surface area contributed by atoms with Gasteiger partial charge in [0.15, 0.2) is 0 Å². The van der Waals surface area contributed by atoms with E-state index in [1.165, 1.54) is 24.1 Å². The standard InChI is InChI=1S/C17H19FN2O/c1-11-4-5-14(8-12(11)2)10-19-15-6-7-16(18)17(9-15)20-13(3)21/h4-9,19H,10H2,1-3H3,(H,20,21). The van der Waals surface area contributed by atoms with Crippen LogP contribution in [0, 0.1) is 19.7 Å². The number of rotatable bonds is 4. The van der Waals surface area contributed by atoms with Crippen LogP contribution in [0.3, 0.4) is 0 Å². The number of benzene rings is 2. The molecule has 0 spiro atoms. The van der Waals surface area contributed by atoms with E-state index in [1.54, 1.807) is 12.1 Å². The van der Waals surface area contributed by atoms with Crippen molar-refractivity contribution in [2.75, 3.05) is 10.6 Å². The number of anilines is 2. The molecule has 21 heavy (non-hydrogen) atoms. The highest BCUT2D eigenvalue weighted by atomic mass is 19.1. The van der Waals surface area contributed by atoms with Crippen molar-refractivity contribution < 1.29 is 9.18 Å². The maximum absolute atomic E-state index is 13.5. The van der Waals surface area contributed by atoms with Crippen LogP contribution in [0.1, 0.15) is 23.6 Å². The van der Waals surface area contributed by atoms with Crippen LogP contribution in [-0.2, 0) is 11.3 Å². The van der Waals surface area contributed by atoms with E-state index in [0.29, 0.717) is 6.54 Å². The van der Waals surface area contributed by atoms with Crippen LogP contribution in [0.2, 0.25) is 0 Å². The van der Waals surface area contributed by atoms with Crippen molar-refractivity contribution in [3.8, 4) is 0 Å². The lowest BCUT2D eigenvalue weighted by atomic mass is 10.1. The maximum Gasteiger partial charge on any atom is 0.221 e. The molecule has 0 aliphatic rings. The second-order valence-electron chi connectivity index (χ2n) is 5.15. The molecule has 0 heterocycles. The minimum Gasteiger partial charge on any atom is -0.381 e. The molecule has 0 saturated carbocycles. The molecule has 4 heteroatoms. The molecular formula is C17H19FN2O. The van der Waals surface area contributed by atoms with Crippen molar-refractivity contribution in [2.45, 2.75) is 27.3 Å². The van der Waals surface area contributed by atoms with Crippen LogP contribution in [0.25, 0.3) is 0 Å². The number of hydrogen-bond acceptors (Lipinski definition) is 2. The molecule has 0 saturated heterocycles. The number of carbonyl (C=O) groups is 1. The van der Waals surface area contributed by atoms with Gasteiger partial charge in [-0.2, -0.15) is 0 Å². The molecule has 2 rings (SSSR count). The predicted octanol–water partition coefficient (Wildman–Crippen LogP) is 4.01. The zero-order chi connectivity index (χ0) is 15.4. The third kappa shape index (κ3) is 4.05. The molecule has 3 nitrogen and oxygen atoms in total. The Balaban J connectivity index is 2.09. The van der Waals surface area contributed by atoms with Gasteiger partial charge in [0.2, 0.25) is 5.91 Å². The third-order valence-corrected chi connectivity index (χ3v) is 3.35. The van der Waals surface area contributed by atoms with Crippen LogP contribution in [0.5, 0.6) is 0 Å². The van der Waals surface area contributed by atoms with Crippen molar-refractivity contribution >= 4 is 17.3 Å². The van der Waals surface area contributed by atoms with Crippen LogP contribution < -0.4 is 10.6 Å². The molecule has 2 aromatic rings. The second-order valence-corrected chi connectivity index (χ2v) is 5.15. The summed E-state index contributed by atoms with van der Waals surface area (Å²) in [6.45, 7) is 6.15. The molecular weight excluding hydrogens is 267 g/mol. The van der Waals surface area contributed by atoms with Gasteiger partial charge in [0.1, 0.15) is 5.82 Å². The molecule has 0 bridgehead atoms. The SMILES string of the molecule is CC(=O)Nc1cc(NCc2ccc(C)c(C)c2)ccc1F. The number of hydrogen-bond donors (Lipinski definition) is 2. The van der Waals surface area contributed by atoms with E-state index in [9.17, 15) is 9.18 Å². The molecule has 0 aliphatic carbocycles. The van der Waals surface area contributed by atoms with Gasteiger partial charge in [0, 0.05) is 19.2 Å². The molecule has 0 aromatic heterocycles. The fourth-order valence-electron chi connectivity index (χ4n) is 2.04. The summed E-state index contributed by atoms with van der Waals surface area (Å²) in [7, 11) is 0. The van der Waals surface area contributed by atoms with Crippen molar-refractivity contribution in [3.05, 3.63) is 58.9 Å². The number of carbonyl (C=O) groups excluding carboxylic acids is 1. The molecule has 2 aromatic carbocycles. The van der Waals surface area contributed by atoms with E-state index in [1.807, 2.05) is 0 Å². The summed E-state index contributed by atoms with van der Waals surface area (Å²) >= 11 is 0. The van der Waals surface area contributed by atoms with Gasteiger partial charge < -0.3 is 10.6 Å². The van der Waals surface area contributed by atoms with Gasteiger partial charge in [-0.15, -0.1) is 0 Å². The topological polar surface area (TPSA) is 41.1 Å². The highest BCUT2D eigenvalue weighted by Gasteiger charge is 2.05. The summed E-state index contributed by atoms with van der Waals surface area (Å²) in [5.74, 6) is -0.734. The Kier molecular flexibility index (Phi) is 4.58. The molecule has 110 valence electrons. The highest BCUT2D eigenvalue weighted by Crippen LogP contribution is 2.20. The van der Waals surface area contributed by atoms with E-state index in [2.05, 4.69) is 42.7 Å². The summed E-state index contributed by atoms with van der Waals surface area (Å²) in [6, 6.07) is 10.9. The minimum absolute atomic E-state index is 0.188. The van der Waals surface area contributed by atoms with Gasteiger partial charge in [0.25, 0.3) is 0 Å². The quantitative estimate of drug-likeness (QED) is 0.891. The Morgan fingerprint density at radius 1 is 1.10 bits per heavy atom. The van der Waals surface area contributed by atoms with Crippen LogP contribution in [0.15, 0.2) is 36.4 Å². The molecule has 1 amide bonds. The molecule has 0 atom stereocenters. The fourth-order valence-corrected chi connectivity index (χ4v) is 2.04. The van der Waals surface area contributed by atoms with E-state index in [-0.39, 0.29) is 11.6 Å². The Hall–Kier alpha value is -2.36. The van der Waals surface area contributed by atoms with E-state index < -0.39 is 5.82 Å². The van der Waals surface area contributed by atoms with Crippen LogP contribution >= 0.6 is 0 Å². The van der Waals surface area contributed by atoms with E-state index in [0.717, 1.165) is 11.3 Å². The van der Waals surface area contributed by atoms with Gasteiger partial charge in [0.05, 0.1) is 5.69 Å². The lowest BCUT2D eigenvalue weighted by molar-refractivity contribution is -0.114. The van der Waals surface area contributed by atoms with Gasteiger partial charge in [-0.1, -0.05) is 18.2 Å². The monoisotopic (exact) mass is 286 g/mol. The number of nitrogens with one attached hydrogen (secondary N) is 2. The van der Waals surface area contributed by atoms with Crippen molar-refractivity contribution in [1.29, 1.82) is 0 Å². The third-order valence-electron chi connectivity index (χ3n) is 3.35. The average molecular weight is 286 g/mol. The molecule has 0 radical (unpaired) electrons. The summed E-state index contributed by atoms with van der Waals surface area (Å²) in [6.07, 6.45) is 0. The van der Waals surface area contributed by atoms with Crippen molar-refractivity contribution in [3.63, 3.8) is 0 Å². The maximum atomic E-state index is 13.5. The van der Waals surface area contributed by atoms with Crippen molar-refractivity contribution in [2.24, 2.45) is 0 Å². The molecule has 0 aliphatic heterocycles. The summed E-state index contributed by atoms with van der Waals surface area (Å²) in [5.41, 5.74) is 4.61. The van der Waals surface area contributed by atoms with Crippen LogP contribution in [0.4, 0.5) is 15.8 Å². The normalized spacial score (nSPS) is 10.3. The number of halogens is 1. The lowest BCUT2D eigenvalue weighted by Gasteiger charge is -2.11. The summed E-state index contributed by atoms with van der Waals surface area (Å²) in [5, 5.41) is 5.70. The predicted molar refractivity (Wildman–Crippen MR) is 83.9 cm³/mol. The zero-order valence-electron chi connectivity index (χ0n) is 12.5. The second kappa shape index (κ2) is 6.39. The molecule has 0 fully saturated rings.